The first kappa shape index (κ1) is 55.2. The lowest BCUT2D eigenvalue weighted by Crippen LogP contribution is -2.76. The lowest BCUT2D eigenvalue weighted by molar-refractivity contribution is -0.285. The molecule has 23 nitrogen and oxygen atoms in total. The van der Waals surface area contributed by atoms with Crippen LogP contribution in [0.1, 0.15) is 113 Å². The number of esters is 6. The Labute approximate surface area is 474 Å². The van der Waals surface area contributed by atoms with Crippen molar-refractivity contribution in [2.75, 3.05) is 6.54 Å². The number of hydrogen-bond acceptors (Lipinski definition) is 21. The van der Waals surface area contributed by atoms with Crippen LogP contribution in [0.5, 0.6) is 23.0 Å². The number of carbonyl (C=O) groups is 8. The van der Waals surface area contributed by atoms with Crippen LogP contribution in [0.4, 0.5) is 0 Å². The van der Waals surface area contributed by atoms with Crippen LogP contribution in [0.3, 0.4) is 0 Å². The summed E-state index contributed by atoms with van der Waals surface area (Å²) in [5.41, 5.74) is -7.09. The molecule has 440 valence electrons. The highest BCUT2D eigenvalue weighted by Gasteiger charge is 2.93. The van der Waals surface area contributed by atoms with E-state index in [2.05, 4.69) is 10.6 Å². The molecule has 13 rings (SSSR count). The van der Waals surface area contributed by atoms with Gasteiger partial charge in [0.15, 0.2) is 11.2 Å². The SMILES string of the molecule is CC(=O)Oc1ccc2c(c1)Oc1cc(OC(C)=O)ccc1C21OC(=O)c2cc(C(=O)NCCC(=O)N[C@H]3[C@H](O)C4C([C@H](OC(C)=O)[C@H](OC(C)=O)[C@]5(C)[C@H]6[C@H](C)[C@H]7O[C@]78OC(=O)[C@@](C)(O)[C@]8(C)[C@@H]6[C@H](O)[C@@H]45)[C@]4(C)[C@@H]3C[C@@H]3O[C@@H]3[C@@H]4O)ccc21. The molecule has 10 aliphatic rings. The van der Waals surface area contributed by atoms with Gasteiger partial charge in [0, 0.05) is 104 Å². The minimum atomic E-state index is -2.20. The number of fused-ring (bicyclic) bond motifs is 15. The monoisotopic (exact) mass is 1150 g/mol. The molecular formula is C60H64N2O21. The van der Waals surface area contributed by atoms with Gasteiger partial charge in [-0.2, -0.15) is 0 Å². The van der Waals surface area contributed by atoms with Gasteiger partial charge in [0.2, 0.25) is 11.7 Å². The van der Waals surface area contributed by atoms with Crippen LogP contribution in [0.2, 0.25) is 0 Å². The third kappa shape index (κ3) is 7.23. The standard InChI is InChI=1S/C60H64N2O21/c1-22-40-43(57(8)58(9,74)54(73)83-60(57)50(22)81-60)46(69)41-39-42(48(77-25(4)65)51(56(40,41)7)78-26(5)66)55(6)34(21-37-47(80-37)49(55)70)44(45(39)68)62-38(67)16-17-61-52(71)27-10-13-31-30(18-27)53(72)82-59(31)32-14-11-28(75-23(2)63)19-35(32)79-36-20-29(76-24(3)64)12-15-33(36)59/h10-15,18-20,22,34,37,39-51,68-70,74H,16-17,21H2,1-9H3,(H,61,71)(H,62,67)/t22-,34+,37-,39?,40-,41+,42?,43-,44+,45+,46+,47-,48-,49-,50+,51-,55-,56+,57-,58+,60-/m0/s1. The molecule has 6 N–H and O–H groups in total. The summed E-state index contributed by atoms with van der Waals surface area (Å²) in [4.78, 5) is 107. The smallest absolute Gasteiger partial charge is 0.341 e. The zero-order valence-corrected chi connectivity index (χ0v) is 46.8. The summed E-state index contributed by atoms with van der Waals surface area (Å²) in [7, 11) is 0. The molecule has 5 heterocycles. The first-order chi connectivity index (χ1) is 39.1. The highest BCUT2D eigenvalue weighted by Crippen LogP contribution is 2.81. The highest BCUT2D eigenvalue weighted by atomic mass is 16.8. The van der Waals surface area contributed by atoms with Crippen LogP contribution < -0.4 is 24.8 Å². The van der Waals surface area contributed by atoms with Gasteiger partial charge in [-0.3, -0.25) is 28.8 Å². The number of benzene rings is 3. The second kappa shape index (κ2) is 18.0. The van der Waals surface area contributed by atoms with Crippen LogP contribution in [0, 0.1) is 57.7 Å². The molecule has 3 aromatic carbocycles. The van der Waals surface area contributed by atoms with Crippen molar-refractivity contribution in [3.8, 4) is 23.0 Å². The Bertz CT molecular complexity index is 3350. The molecule has 3 aromatic rings. The number of nitrogens with one attached hydrogen (secondary N) is 2. The predicted molar refractivity (Wildman–Crippen MR) is 277 cm³/mol. The molecule has 83 heavy (non-hydrogen) atoms. The van der Waals surface area contributed by atoms with E-state index in [4.69, 9.17) is 42.6 Å². The average molecular weight is 1150 g/mol. The third-order valence-corrected chi connectivity index (χ3v) is 21.2. The van der Waals surface area contributed by atoms with Gasteiger partial charge >= 0.3 is 35.8 Å². The number of carbonyl (C=O) groups excluding carboxylic acids is 8. The van der Waals surface area contributed by atoms with Crippen molar-refractivity contribution in [2.45, 2.75) is 147 Å². The number of aliphatic hydroxyl groups is 4. The zero-order chi connectivity index (χ0) is 59.3. The summed E-state index contributed by atoms with van der Waals surface area (Å²) in [5, 5.41) is 57.1. The van der Waals surface area contributed by atoms with E-state index in [1.165, 1.54) is 71.0 Å². The largest absolute Gasteiger partial charge is 0.458 e. The van der Waals surface area contributed by atoms with Crippen LogP contribution in [-0.2, 0) is 62.8 Å². The summed E-state index contributed by atoms with van der Waals surface area (Å²) in [6.45, 7) is 13.0. The van der Waals surface area contributed by atoms with E-state index < -0.39 is 177 Å². The van der Waals surface area contributed by atoms with Gasteiger partial charge in [-0.25, -0.2) is 9.59 Å². The van der Waals surface area contributed by atoms with Crippen molar-refractivity contribution in [2.24, 2.45) is 57.7 Å². The lowest BCUT2D eigenvalue weighted by Gasteiger charge is -2.67. The van der Waals surface area contributed by atoms with Crippen LogP contribution in [0.15, 0.2) is 54.6 Å². The Hall–Kier alpha value is -7.02. The van der Waals surface area contributed by atoms with E-state index >= 15 is 0 Å². The predicted octanol–water partition coefficient (Wildman–Crippen LogP) is 2.64. The van der Waals surface area contributed by atoms with Gasteiger partial charge in [-0.15, -0.1) is 0 Å². The summed E-state index contributed by atoms with van der Waals surface area (Å²) in [6.07, 6.45) is -8.98. The Morgan fingerprint density at radius 3 is 1.96 bits per heavy atom. The minimum Gasteiger partial charge on any atom is -0.458 e. The maximum absolute atomic E-state index is 14.4. The van der Waals surface area contributed by atoms with Crippen molar-refractivity contribution in [3.63, 3.8) is 0 Å². The molecular weight excluding hydrogens is 1080 g/mol. The molecule has 0 aromatic heterocycles. The average Bonchev–Trinajstić information content (AvgIpc) is 1.47. The number of rotatable bonds is 9. The molecule has 2 amide bonds. The molecule has 21 atom stereocenters. The number of ether oxygens (including phenoxy) is 9. The quantitative estimate of drug-likeness (QED) is 0.0776. The fraction of sp³-hybridized carbons (Fsp3) is 0.567. The van der Waals surface area contributed by atoms with E-state index in [1.54, 1.807) is 39.0 Å². The van der Waals surface area contributed by atoms with Crippen LogP contribution >= 0.6 is 0 Å². The maximum Gasteiger partial charge on any atom is 0.341 e. The van der Waals surface area contributed by atoms with E-state index in [9.17, 15) is 58.8 Å². The van der Waals surface area contributed by atoms with Crippen molar-refractivity contribution in [1.29, 1.82) is 0 Å². The summed E-state index contributed by atoms with van der Waals surface area (Å²) in [6, 6.07) is 12.4. The zero-order valence-electron chi connectivity index (χ0n) is 46.8. The first-order valence-electron chi connectivity index (χ1n) is 28.0. The van der Waals surface area contributed by atoms with Crippen molar-refractivity contribution in [1.82, 2.24) is 10.6 Å². The molecule has 0 radical (unpaired) electrons. The van der Waals surface area contributed by atoms with Crippen LogP contribution in [-0.4, -0.2) is 141 Å². The number of amides is 2. The van der Waals surface area contributed by atoms with Gasteiger partial charge in [0.25, 0.3) is 5.91 Å². The fourth-order valence-corrected chi connectivity index (χ4v) is 17.9. The molecule has 8 fully saturated rings. The van der Waals surface area contributed by atoms with Gasteiger partial charge in [-0.1, -0.05) is 26.8 Å². The van der Waals surface area contributed by atoms with E-state index in [0.717, 1.165) is 0 Å². The van der Waals surface area contributed by atoms with Crippen molar-refractivity contribution in [3.05, 3.63) is 82.4 Å². The number of aliphatic hydroxyl groups excluding tert-OH is 3. The van der Waals surface area contributed by atoms with Gasteiger partial charge < -0.3 is 73.7 Å². The first-order valence-corrected chi connectivity index (χ1v) is 28.0. The van der Waals surface area contributed by atoms with E-state index in [0.29, 0.717) is 16.7 Å². The Kier molecular flexibility index (Phi) is 12.0. The van der Waals surface area contributed by atoms with Crippen molar-refractivity contribution >= 4 is 47.6 Å². The number of epoxide rings is 2. The van der Waals surface area contributed by atoms with Crippen LogP contribution in [0.25, 0.3) is 0 Å². The number of hydrogen-bond donors (Lipinski definition) is 6. The Morgan fingerprint density at radius 2 is 1.35 bits per heavy atom. The maximum atomic E-state index is 14.4. The molecule has 2 spiro atoms. The molecule has 0 bridgehead atoms. The lowest BCUT2D eigenvalue weighted by atomic mass is 9.40. The van der Waals surface area contributed by atoms with E-state index in [-0.39, 0.29) is 53.5 Å². The van der Waals surface area contributed by atoms with Gasteiger partial charge in [0.05, 0.1) is 41.4 Å². The Balaban J connectivity index is 0.798. The topological polar surface area (TPSA) is 331 Å². The van der Waals surface area contributed by atoms with Gasteiger partial charge in [-0.05, 0) is 80.3 Å². The molecule has 5 aliphatic carbocycles. The second-order valence-electron chi connectivity index (χ2n) is 25.2. The molecule has 23 heteroatoms. The van der Waals surface area contributed by atoms with E-state index in [1.807, 2.05) is 6.92 Å². The summed E-state index contributed by atoms with van der Waals surface area (Å²) in [5.74, 6) is -13.0. The Morgan fingerprint density at radius 1 is 0.723 bits per heavy atom. The summed E-state index contributed by atoms with van der Waals surface area (Å²) < 4.78 is 54.0. The highest BCUT2D eigenvalue weighted by molar-refractivity contribution is 6.02. The van der Waals surface area contributed by atoms with Gasteiger partial charge in [0.1, 0.15) is 47.4 Å². The second-order valence-corrected chi connectivity index (χ2v) is 25.2. The third-order valence-electron chi connectivity index (χ3n) is 21.2. The van der Waals surface area contributed by atoms with Crippen molar-refractivity contribution < 1.29 is 101 Å². The molecule has 3 saturated heterocycles. The fourth-order valence-electron chi connectivity index (χ4n) is 17.9. The minimum absolute atomic E-state index is 0.0377. The molecule has 5 aliphatic heterocycles. The normalized spacial score (nSPS) is 41.5. The molecule has 2 unspecified atom stereocenters. The molecule has 5 saturated carbocycles. The summed E-state index contributed by atoms with van der Waals surface area (Å²) >= 11 is 0.